The number of ketones is 1. The molecule has 5 nitrogen and oxygen atoms in total. The molecule has 0 fully saturated rings. The first-order valence-corrected chi connectivity index (χ1v) is 17.7. The molecule has 0 radical (unpaired) electrons. The summed E-state index contributed by atoms with van der Waals surface area (Å²) >= 11 is 1.33. The van der Waals surface area contributed by atoms with E-state index >= 15 is 0 Å². The second-order valence-corrected chi connectivity index (χ2v) is 13.1. The molecule has 0 bridgehead atoms. The molecule has 3 aromatic carbocycles. The number of carbonyl (C=O) groups is 1. The molecule has 0 aliphatic heterocycles. The summed E-state index contributed by atoms with van der Waals surface area (Å²) in [6.45, 7) is 12.1. The summed E-state index contributed by atoms with van der Waals surface area (Å²) in [6, 6.07) is 22.8. The van der Waals surface area contributed by atoms with Crippen molar-refractivity contribution < 1.29 is 43.4 Å². The average molecular weight is 768 g/mol. The van der Waals surface area contributed by atoms with E-state index < -0.39 is 17.3 Å². The molecule has 2 aliphatic carbocycles. The molecule has 236 valence electrons. The van der Waals surface area contributed by atoms with Crippen LogP contribution in [-0.2, 0) is 77.4 Å². The van der Waals surface area contributed by atoms with E-state index in [1.54, 1.807) is 0 Å². The van der Waals surface area contributed by atoms with Crippen molar-refractivity contribution in [1.82, 2.24) is 0 Å². The average Bonchev–Trinajstić information content (AvgIpc) is 3.01. The maximum absolute atomic E-state index is 11.4. The molecule has 5 rings (SSSR count). The first kappa shape index (κ1) is 34.3. The van der Waals surface area contributed by atoms with Crippen LogP contribution in [0.3, 0.4) is 0 Å². The zero-order valence-corrected chi connectivity index (χ0v) is 29.7. The third-order valence-electron chi connectivity index (χ3n) is 9.00. The van der Waals surface area contributed by atoms with E-state index in [4.69, 9.17) is 19.2 Å². The number of benzene rings is 3. The summed E-state index contributed by atoms with van der Waals surface area (Å²) in [6.07, 6.45) is 7.00. The molecule has 2 unspecified atom stereocenters. The quantitative estimate of drug-likeness (QED) is 0.0867. The monoisotopic (exact) mass is 767 g/mol. The number of ether oxygens (including phenoxy) is 2. The van der Waals surface area contributed by atoms with Crippen molar-refractivity contribution in [3.63, 3.8) is 0 Å². The second kappa shape index (κ2) is 15.6. The fourth-order valence-electron chi connectivity index (χ4n) is 5.85. The number of Topliss-reactive ketones (excluding diaryl/α,β-unsaturated/α-hetero) is 1. The van der Waals surface area contributed by atoms with Gasteiger partial charge in [-0.1, -0.05) is 75.4 Å². The van der Waals surface area contributed by atoms with Gasteiger partial charge in [0.2, 0.25) is 6.29 Å². The summed E-state index contributed by atoms with van der Waals surface area (Å²) in [5.41, 5.74) is 6.05. The molecule has 3 aromatic rings. The van der Waals surface area contributed by atoms with Gasteiger partial charge in [-0.05, 0) is 97.4 Å². The molecular formula is C38H47O5W-. The van der Waals surface area contributed by atoms with E-state index in [2.05, 4.69) is 75.1 Å². The van der Waals surface area contributed by atoms with Gasteiger partial charge in [0.05, 0.1) is 6.10 Å². The third-order valence-corrected chi connectivity index (χ3v) is 9.00. The van der Waals surface area contributed by atoms with Crippen molar-refractivity contribution in [1.29, 1.82) is 0 Å². The maximum atomic E-state index is 11.4. The first-order chi connectivity index (χ1) is 21.1. The molecule has 0 saturated carbocycles. The minimum absolute atomic E-state index is 0.00360. The Morgan fingerprint density at radius 2 is 1.52 bits per heavy atom. The van der Waals surface area contributed by atoms with Crippen LogP contribution in [0.1, 0.15) is 80.3 Å². The Morgan fingerprint density at radius 3 is 2.20 bits per heavy atom. The van der Waals surface area contributed by atoms with Crippen LogP contribution in [-0.4, -0.2) is 28.7 Å². The van der Waals surface area contributed by atoms with Crippen molar-refractivity contribution in [2.24, 2.45) is 5.41 Å². The van der Waals surface area contributed by atoms with E-state index in [1.807, 2.05) is 31.2 Å². The van der Waals surface area contributed by atoms with Crippen LogP contribution >= 0.6 is 0 Å². The van der Waals surface area contributed by atoms with E-state index in [0.717, 1.165) is 49.0 Å². The van der Waals surface area contributed by atoms with Gasteiger partial charge in [-0.15, -0.1) is 0 Å². The first-order valence-electron chi connectivity index (χ1n) is 15.6. The Morgan fingerprint density at radius 1 is 0.886 bits per heavy atom. The van der Waals surface area contributed by atoms with Gasteiger partial charge in [-0.3, -0.25) is 0 Å². The molecule has 0 aromatic heterocycles. The summed E-state index contributed by atoms with van der Waals surface area (Å²) in [4.78, 5) is 27.0. The van der Waals surface area contributed by atoms with Crippen molar-refractivity contribution in [3.8, 4) is 5.75 Å². The van der Waals surface area contributed by atoms with E-state index in [0.29, 0.717) is 6.42 Å². The van der Waals surface area contributed by atoms with E-state index in [-0.39, 0.29) is 18.5 Å². The normalized spacial score (nSPS) is 18.0. The number of rotatable bonds is 11. The number of carbonyl (C=O) groups excluding carboxylic acids is 1. The molecular weight excluding hydrogens is 720 g/mol. The Balaban J connectivity index is 0.00000216. The van der Waals surface area contributed by atoms with Crippen LogP contribution in [0.25, 0.3) is 0 Å². The molecule has 6 heteroatoms. The molecule has 0 spiro atoms. The predicted molar refractivity (Wildman–Crippen MR) is 172 cm³/mol. The van der Waals surface area contributed by atoms with Gasteiger partial charge in [0.1, 0.15) is 12.4 Å². The second-order valence-electron chi connectivity index (χ2n) is 13.1. The standard InChI is InChI=1S/C37H45O5.CH2.W/c1-26(38)22-27-14-16-28(17-15-27)25-39-42-37(5,36(2,3)4)35(40-33-20-18-29-10-6-8-12-31(29)23-33)41-34-21-19-30-11-7-9-13-32(30)24-34;;/h6,8,10,12,14-17,19,21,24,33,35H,1,7,9,11,13,18,20,22-23,25H2,2-5H3;1H2;/q-1;;/t33?,35?,37-;;/m1../s1. The Labute approximate surface area is 275 Å². The number of hydrogen-bond acceptors (Lipinski definition) is 5. The molecule has 0 amide bonds. The van der Waals surface area contributed by atoms with E-state index in [9.17, 15) is 4.79 Å². The minimum atomic E-state index is -0.944. The van der Waals surface area contributed by atoms with Crippen molar-refractivity contribution in [2.45, 2.75) is 104 Å². The van der Waals surface area contributed by atoms with Crippen molar-refractivity contribution >= 4 is 10.7 Å². The number of fused-ring (bicyclic) bond motifs is 2. The van der Waals surface area contributed by atoms with Crippen molar-refractivity contribution in [2.75, 3.05) is 0 Å². The molecule has 3 atom stereocenters. The van der Waals surface area contributed by atoms with Crippen LogP contribution in [0.2, 0.25) is 0 Å². The Bertz CT molecular complexity index is 1380. The van der Waals surface area contributed by atoms with Crippen LogP contribution in [0.15, 0.2) is 66.7 Å². The summed E-state index contributed by atoms with van der Waals surface area (Å²) in [5.74, 6) is 0.696. The van der Waals surface area contributed by atoms with Crippen LogP contribution in [0, 0.1) is 12.3 Å². The Hall–Kier alpha value is -2.56. The fourth-order valence-corrected chi connectivity index (χ4v) is 5.85. The molecule has 44 heavy (non-hydrogen) atoms. The summed E-state index contributed by atoms with van der Waals surface area (Å²) < 4.78 is 13.6. The number of hydrogen-bond donors (Lipinski definition) is 0. The van der Waals surface area contributed by atoms with Gasteiger partial charge in [0.15, 0.2) is 5.60 Å². The SMILES string of the molecule is [CH2-]C(=O)Cc1ccc(COO[C@](C)(C(Oc2ccc3c(c2)CCCC3)OC2CCc3ccccc3C2)C(C)(C)C)cc1.[CH2]=[W]. The fraction of sp³-hybridized carbons (Fsp3) is 0.447. The predicted octanol–water partition coefficient (Wildman–Crippen LogP) is 7.71. The Kier molecular flexibility index (Phi) is 12.2. The van der Waals surface area contributed by atoms with E-state index in [1.165, 1.54) is 54.4 Å². The van der Waals surface area contributed by atoms with Crippen LogP contribution < -0.4 is 4.74 Å². The third kappa shape index (κ3) is 8.79. The van der Waals surface area contributed by atoms with Crippen molar-refractivity contribution in [3.05, 3.63) is 107 Å². The molecule has 0 N–H and O–H groups in total. The summed E-state index contributed by atoms with van der Waals surface area (Å²) in [5, 5.41) is 0. The van der Waals surface area contributed by atoms with Gasteiger partial charge in [-0.2, -0.15) is 0 Å². The van der Waals surface area contributed by atoms with Crippen LogP contribution in [0.4, 0.5) is 0 Å². The zero-order valence-electron chi connectivity index (χ0n) is 26.7. The molecule has 2 aliphatic rings. The molecule has 0 saturated heterocycles. The van der Waals surface area contributed by atoms with Gasteiger partial charge < -0.3 is 21.2 Å². The van der Waals surface area contributed by atoms with Gasteiger partial charge in [0, 0.05) is 17.6 Å². The van der Waals surface area contributed by atoms with Gasteiger partial charge in [-0.25, -0.2) is 9.78 Å². The number of aryl methyl sites for hydroxylation is 3. The topological polar surface area (TPSA) is 54.0 Å². The zero-order chi connectivity index (χ0) is 31.7. The van der Waals surface area contributed by atoms with Gasteiger partial charge in [0.25, 0.3) is 0 Å². The van der Waals surface area contributed by atoms with Crippen LogP contribution in [0.5, 0.6) is 5.75 Å². The summed E-state index contributed by atoms with van der Waals surface area (Å²) in [7, 11) is 0. The van der Waals surface area contributed by atoms with Gasteiger partial charge >= 0.3 is 24.3 Å². The molecule has 0 heterocycles.